The predicted octanol–water partition coefficient (Wildman–Crippen LogP) is 3.47. The minimum Gasteiger partial charge on any atom is -0.338 e. The number of para-hydroxylation sites is 1. The first kappa shape index (κ1) is 14.7. The van der Waals surface area contributed by atoms with E-state index in [0.717, 1.165) is 35.2 Å². The van der Waals surface area contributed by atoms with Crippen LogP contribution < -0.4 is 5.32 Å². The molecule has 0 spiro atoms. The summed E-state index contributed by atoms with van der Waals surface area (Å²) >= 11 is 1.45. The molecule has 0 saturated heterocycles. The highest BCUT2D eigenvalue weighted by atomic mass is 32.1. The third-order valence-electron chi connectivity index (χ3n) is 3.45. The maximum Gasteiger partial charge on any atom is 0.246 e. The zero-order valence-corrected chi connectivity index (χ0v) is 13.3. The van der Waals surface area contributed by atoms with Gasteiger partial charge in [-0.2, -0.15) is 0 Å². The Bertz CT molecular complexity index is 777. The summed E-state index contributed by atoms with van der Waals surface area (Å²) in [5, 5.41) is 13.6. The maximum absolute atomic E-state index is 12.2. The summed E-state index contributed by atoms with van der Waals surface area (Å²) in [4.78, 5) is 12.2. The average molecular weight is 314 g/mol. The summed E-state index contributed by atoms with van der Waals surface area (Å²) in [5.41, 5.74) is 1.05. The van der Waals surface area contributed by atoms with Gasteiger partial charge in [0.1, 0.15) is 11.6 Å². The van der Waals surface area contributed by atoms with Crippen LogP contribution in [0.25, 0.3) is 10.9 Å². The maximum atomic E-state index is 12.2. The standard InChI is InChI=1S/C16H18N4OS/c1-2-3-8-15-18-19-16(22-15)17-14(21)11-20-10-9-12-6-4-5-7-13(12)20/h4-7,9-10H,2-3,8,11H2,1H3,(H,17,19,21). The molecule has 0 atom stereocenters. The lowest BCUT2D eigenvalue weighted by Gasteiger charge is -2.04. The first-order chi connectivity index (χ1) is 10.8. The second kappa shape index (κ2) is 6.70. The molecule has 0 bridgehead atoms. The molecule has 114 valence electrons. The van der Waals surface area contributed by atoms with E-state index in [0.29, 0.717) is 5.13 Å². The Kier molecular flexibility index (Phi) is 4.48. The summed E-state index contributed by atoms with van der Waals surface area (Å²) in [6.45, 7) is 2.42. The number of nitrogens with one attached hydrogen (secondary N) is 1. The lowest BCUT2D eigenvalue weighted by molar-refractivity contribution is -0.116. The van der Waals surface area contributed by atoms with Crippen molar-refractivity contribution < 1.29 is 4.79 Å². The van der Waals surface area contributed by atoms with Crippen LogP contribution in [0.4, 0.5) is 5.13 Å². The highest BCUT2D eigenvalue weighted by molar-refractivity contribution is 7.15. The van der Waals surface area contributed by atoms with Gasteiger partial charge in [0.25, 0.3) is 0 Å². The number of carbonyl (C=O) groups is 1. The molecule has 2 heterocycles. The molecule has 0 radical (unpaired) electrons. The van der Waals surface area contributed by atoms with Crippen molar-refractivity contribution in [3.05, 3.63) is 41.5 Å². The normalized spacial score (nSPS) is 11.0. The van der Waals surface area contributed by atoms with Crippen LogP contribution in [-0.2, 0) is 17.8 Å². The van der Waals surface area contributed by atoms with E-state index in [1.165, 1.54) is 11.3 Å². The van der Waals surface area contributed by atoms with Crippen molar-refractivity contribution in [2.45, 2.75) is 32.7 Å². The van der Waals surface area contributed by atoms with E-state index < -0.39 is 0 Å². The van der Waals surface area contributed by atoms with Gasteiger partial charge in [-0.25, -0.2) is 0 Å². The molecule has 1 aromatic carbocycles. The molecule has 0 unspecified atom stereocenters. The first-order valence-electron chi connectivity index (χ1n) is 7.42. The minimum absolute atomic E-state index is 0.0838. The Morgan fingerprint density at radius 3 is 3.00 bits per heavy atom. The van der Waals surface area contributed by atoms with E-state index in [9.17, 15) is 4.79 Å². The molecule has 0 aliphatic heterocycles. The Morgan fingerprint density at radius 1 is 1.27 bits per heavy atom. The Morgan fingerprint density at radius 2 is 2.14 bits per heavy atom. The molecule has 22 heavy (non-hydrogen) atoms. The van der Waals surface area contributed by atoms with Gasteiger partial charge in [-0.05, 0) is 23.9 Å². The number of aryl methyl sites for hydroxylation is 1. The number of benzene rings is 1. The highest BCUT2D eigenvalue weighted by Crippen LogP contribution is 2.18. The number of hydrogen-bond acceptors (Lipinski definition) is 4. The Balaban J connectivity index is 1.64. The van der Waals surface area contributed by atoms with Crippen LogP contribution >= 0.6 is 11.3 Å². The van der Waals surface area contributed by atoms with Crippen molar-refractivity contribution in [2.24, 2.45) is 0 Å². The molecule has 1 N–H and O–H groups in total. The highest BCUT2D eigenvalue weighted by Gasteiger charge is 2.10. The van der Waals surface area contributed by atoms with Crippen LogP contribution in [0.3, 0.4) is 0 Å². The quantitative estimate of drug-likeness (QED) is 0.758. The van der Waals surface area contributed by atoms with Gasteiger partial charge < -0.3 is 4.57 Å². The van der Waals surface area contributed by atoms with E-state index in [4.69, 9.17) is 0 Å². The van der Waals surface area contributed by atoms with Gasteiger partial charge in [0.2, 0.25) is 11.0 Å². The van der Waals surface area contributed by atoms with Gasteiger partial charge in [0.05, 0.1) is 0 Å². The number of nitrogens with zero attached hydrogens (tertiary/aromatic N) is 3. The SMILES string of the molecule is CCCCc1nnc(NC(=O)Cn2ccc3ccccc32)s1. The van der Waals surface area contributed by atoms with Gasteiger partial charge in [0, 0.05) is 18.1 Å². The minimum atomic E-state index is -0.0838. The van der Waals surface area contributed by atoms with Crippen molar-refractivity contribution in [1.82, 2.24) is 14.8 Å². The molecule has 1 amide bonds. The predicted molar refractivity (Wildman–Crippen MR) is 89.1 cm³/mol. The molecule has 0 fully saturated rings. The molecule has 0 aliphatic carbocycles. The first-order valence-corrected chi connectivity index (χ1v) is 8.24. The number of amides is 1. The molecular weight excluding hydrogens is 296 g/mol. The van der Waals surface area contributed by atoms with Crippen LogP contribution in [0.15, 0.2) is 36.5 Å². The lowest BCUT2D eigenvalue weighted by atomic mass is 10.2. The topological polar surface area (TPSA) is 59.8 Å². The van der Waals surface area contributed by atoms with Crippen LogP contribution in [0, 0.1) is 0 Å². The molecule has 6 heteroatoms. The van der Waals surface area contributed by atoms with Crippen molar-refractivity contribution in [1.29, 1.82) is 0 Å². The summed E-state index contributed by atoms with van der Waals surface area (Å²) in [7, 11) is 0. The fourth-order valence-corrected chi connectivity index (χ4v) is 3.12. The molecule has 0 aliphatic rings. The van der Waals surface area contributed by atoms with Gasteiger partial charge in [-0.3, -0.25) is 10.1 Å². The van der Waals surface area contributed by atoms with Crippen molar-refractivity contribution in [2.75, 3.05) is 5.32 Å². The number of unbranched alkanes of at least 4 members (excludes halogenated alkanes) is 1. The second-order valence-electron chi connectivity index (χ2n) is 5.16. The van der Waals surface area contributed by atoms with Gasteiger partial charge in [-0.15, -0.1) is 10.2 Å². The van der Waals surface area contributed by atoms with E-state index in [1.54, 1.807) is 0 Å². The molecule has 0 saturated carbocycles. The van der Waals surface area contributed by atoms with E-state index in [2.05, 4.69) is 22.4 Å². The second-order valence-corrected chi connectivity index (χ2v) is 6.22. The smallest absolute Gasteiger partial charge is 0.246 e. The molecular formula is C16H18N4OS. The van der Waals surface area contributed by atoms with E-state index in [-0.39, 0.29) is 12.5 Å². The number of fused-ring (bicyclic) bond motifs is 1. The lowest BCUT2D eigenvalue weighted by Crippen LogP contribution is -2.18. The molecule has 5 nitrogen and oxygen atoms in total. The molecule has 2 aromatic heterocycles. The fraction of sp³-hybridized carbons (Fsp3) is 0.312. The largest absolute Gasteiger partial charge is 0.338 e. The molecule has 3 rings (SSSR count). The summed E-state index contributed by atoms with van der Waals surface area (Å²) < 4.78 is 1.93. The number of anilines is 1. The monoisotopic (exact) mass is 314 g/mol. The van der Waals surface area contributed by atoms with E-state index in [1.807, 2.05) is 41.1 Å². The average Bonchev–Trinajstić information content (AvgIpc) is 3.13. The van der Waals surface area contributed by atoms with E-state index >= 15 is 0 Å². The van der Waals surface area contributed by atoms with Gasteiger partial charge >= 0.3 is 0 Å². The number of rotatable bonds is 6. The number of hydrogen-bond donors (Lipinski definition) is 1. The van der Waals surface area contributed by atoms with Crippen LogP contribution in [0.2, 0.25) is 0 Å². The third-order valence-corrected chi connectivity index (χ3v) is 4.35. The zero-order chi connectivity index (χ0) is 15.4. The Hall–Kier alpha value is -2.21. The number of aromatic nitrogens is 3. The van der Waals surface area contributed by atoms with Crippen molar-refractivity contribution in [3.63, 3.8) is 0 Å². The Labute approximate surface area is 133 Å². The summed E-state index contributed by atoms with van der Waals surface area (Å²) in [5.74, 6) is -0.0838. The third kappa shape index (κ3) is 3.33. The summed E-state index contributed by atoms with van der Waals surface area (Å²) in [6.07, 6.45) is 5.07. The van der Waals surface area contributed by atoms with Gasteiger partial charge in [0.15, 0.2) is 0 Å². The zero-order valence-electron chi connectivity index (χ0n) is 12.5. The fourth-order valence-electron chi connectivity index (χ4n) is 2.33. The van der Waals surface area contributed by atoms with Gasteiger partial charge in [-0.1, -0.05) is 42.9 Å². The van der Waals surface area contributed by atoms with Crippen molar-refractivity contribution in [3.8, 4) is 0 Å². The van der Waals surface area contributed by atoms with Crippen molar-refractivity contribution >= 4 is 33.3 Å². The molecule has 3 aromatic rings. The van der Waals surface area contributed by atoms with Crippen LogP contribution in [-0.4, -0.2) is 20.7 Å². The van der Waals surface area contributed by atoms with Crippen LogP contribution in [0.1, 0.15) is 24.8 Å². The number of carbonyl (C=O) groups excluding carboxylic acids is 1. The van der Waals surface area contributed by atoms with Crippen LogP contribution in [0.5, 0.6) is 0 Å². The summed E-state index contributed by atoms with van der Waals surface area (Å²) in [6, 6.07) is 10.0.